The zero-order valence-electron chi connectivity index (χ0n) is 17.2. The van der Waals surface area contributed by atoms with E-state index in [1.165, 1.54) is 19.1 Å². The summed E-state index contributed by atoms with van der Waals surface area (Å²) in [6.07, 6.45) is 0.129. The molecule has 172 valence electrons. The number of sulfonamides is 1. The number of ether oxygens (including phenoxy) is 1. The van der Waals surface area contributed by atoms with Crippen LogP contribution in [0.4, 0.5) is 14.5 Å². The third-order valence-electron chi connectivity index (χ3n) is 4.92. The average Bonchev–Trinajstić information content (AvgIpc) is 2.77. The molecule has 0 radical (unpaired) electrons. The smallest absolute Gasteiger partial charge is 0.325 e. The molecule has 0 aromatic heterocycles. The molecule has 0 unspecified atom stereocenters. The minimum absolute atomic E-state index is 0.0382. The Morgan fingerprint density at radius 2 is 1.81 bits per heavy atom. The highest BCUT2D eigenvalue weighted by atomic mass is 32.2. The van der Waals surface area contributed by atoms with E-state index in [0.29, 0.717) is 0 Å². The van der Waals surface area contributed by atoms with Gasteiger partial charge >= 0.3 is 5.97 Å². The maximum Gasteiger partial charge on any atom is 0.325 e. The summed E-state index contributed by atoms with van der Waals surface area (Å²) in [7, 11) is -3.70. The highest BCUT2D eigenvalue weighted by molar-refractivity contribution is 7.99. The first-order valence-electron chi connectivity index (χ1n) is 9.78. The third-order valence-corrected chi connectivity index (χ3v) is 7.54. The van der Waals surface area contributed by atoms with Crippen molar-refractivity contribution in [3.63, 3.8) is 0 Å². The van der Waals surface area contributed by atoms with Crippen LogP contribution in [-0.2, 0) is 37.3 Å². The number of halogens is 2. The number of rotatable bonds is 8. The number of alkyl halides is 2. The minimum atomic E-state index is -3.70. The summed E-state index contributed by atoms with van der Waals surface area (Å²) < 4.78 is 56.7. The van der Waals surface area contributed by atoms with Crippen molar-refractivity contribution in [2.75, 3.05) is 17.7 Å². The summed E-state index contributed by atoms with van der Waals surface area (Å²) >= 11 is 0.284. The molecule has 2 aromatic rings. The lowest BCUT2D eigenvalue weighted by molar-refractivity contribution is -0.151. The Labute approximate surface area is 189 Å². The van der Waals surface area contributed by atoms with Gasteiger partial charge in [0, 0.05) is 17.9 Å². The van der Waals surface area contributed by atoms with Crippen molar-refractivity contribution >= 4 is 39.3 Å². The number of thioether (sulfide) groups is 1. The number of benzene rings is 2. The maximum absolute atomic E-state index is 12.7. The number of carbonyl (C=O) groups excluding carboxylic acids is 2. The number of hydrogen-bond donors (Lipinski definition) is 1. The lowest BCUT2D eigenvalue weighted by atomic mass is 9.96. The molecule has 0 saturated heterocycles. The Balaban J connectivity index is 1.69. The Kier molecular flexibility index (Phi) is 7.86. The van der Waals surface area contributed by atoms with E-state index in [9.17, 15) is 26.8 Å². The van der Waals surface area contributed by atoms with Gasteiger partial charge in [-0.3, -0.25) is 9.59 Å². The number of amides is 1. The lowest BCUT2D eigenvalue weighted by Crippen LogP contribution is -2.50. The van der Waals surface area contributed by atoms with Crippen LogP contribution in [0.5, 0.6) is 0 Å². The summed E-state index contributed by atoms with van der Waals surface area (Å²) in [4.78, 5) is 25.2. The molecule has 11 heteroatoms. The van der Waals surface area contributed by atoms with Gasteiger partial charge in [-0.1, -0.05) is 48.2 Å². The number of nitrogens with one attached hydrogen (secondary N) is 1. The predicted molar refractivity (Wildman–Crippen MR) is 117 cm³/mol. The van der Waals surface area contributed by atoms with Crippen molar-refractivity contribution in [3.05, 3.63) is 59.7 Å². The van der Waals surface area contributed by atoms with E-state index in [4.69, 9.17) is 4.74 Å². The molecular weight excluding hydrogens is 462 g/mol. The number of esters is 1. The van der Waals surface area contributed by atoms with Crippen LogP contribution in [0.1, 0.15) is 18.1 Å². The molecule has 1 aliphatic heterocycles. The minimum Gasteiger partial charge on any atom is -0.454 e. The SMILES string of the molecule is CCS(=O)(=O)N1Cc2ccccc2C[C@H]1C(=O)OCC(=O)Nc1ccccc1SC(F)F. The van der Waals surface area contributed by atoms with Crippen LogP contribution in [-0.4, -0.2) is 48.8 Å². The molecule has 1 aliphatic rings. The second kappa shape index (κ2) is 10.4. The van der Waals surface area contributed by atoms with Crippen molar-refractivity contribution in [1.82, 2.24) is 4.31 Å². The van der Waals surface area contributed by atoms with Gasteiger partial charge in [0.15, 0.2) is 6.61 Å². The van der Waals surface area contributed by atoms with Gasteiger partial charge in [0.1, 0.15) is 6.04 Å². The summed E-state index contributed by atoms with van der Waals surface area (Å²) in [6.45, 7) is 0.849. The van der Waals surface area contributed by atoms with Crippen molar-refractivity contribution in [2.24, 2.45) is 0 Å². The van der Waals surface area contributed by atoms with Crippen LogP contribution in [0.2, 0.25) is 0 Å². The standard InChI is InChI=1S/C21H22F2N2O5S2/c1-2-32(28,29)25-12-15-8-4-3-7-14(15)11-17(25)20(27)30-13-19(26)24-16-9-5-6-10-18(16)31-21(22)23/h3-10,17,21H,2,11-13H2,1H3,(H,24,26)/t17-/m0/s1. The molecule has 1 heterocycles. The number of para-hydroxylation sites is 1. The van der Waals surface area contributed by atoms with Crippen LogP contribution >= 0.6 is 11.8 Å². The lowest BCUT2D eigenvalue weighted by Gasteiger charge is -2.34. The molecule has 0 spiro atoms. The van der Waals surface area contributed by atoms with Crippen LogP contribution in [0, 0.1) is 0 Å². The molecule has 2 aromatic carbocycles. The highest BCUT2D eigenvalue weighted by Crippen LogP contribution is 2.31. The van der Waals surface area contributed by atoms with Crippen molar-refractivity contribution in [1.29, 1.82) is 0 Å². The molecule has 0 saturated carbocycles. The van der Waals surface area contributed by atoms with Crippen LogP contribution in [0.15, 0.2) is 53.4 Å². The van der Waals surface area contributed by atoms with Crippen LogP contribution in [0.3, 0.4) is 0 Å². The Morgan fingerprint density at radius 3 is 2.50 bits per heavy atom. The molecule has 1 N–H and O–H groups in total. The summed E-state index contributed by atoms with van der Waals surface area (Å²) in [5, 5.41) is 2.44. The number of carbonyl (C=O) groups is 2. The van der Waals surface area contributed by atoms with E-state index in [1.54, 1.807) is 30.3 Å². The largest absolute Gasteiger partial charge is 0.454 e. The predicted octanol–water partition coefficient (Wildman–Crippen LogP) is 3.26. The quantitative estimate of drug-likeness (QED) is 0.457. The van der Waals surface area contributed by atoms with Gasteiger partial charge in [0.2, 0.25) is 10.0 Å². The van der Waals surface area contributed by atoms with E-state index < -0.39 is 40.3 Å². The van der Waals surface area contributed by atoms with Crippen LogP contribution < -0.4 is 5.32 Å². The Hall–Kier alpha value is -2.50. The maximum atomic E-state index is 12.7. The normalized spacial score (nSPS) is 16.4. The molecule has 32 heavy (non-hydrogen) atoms. The second-order valence-electron chi connectivity index (χ2n) is 6.96. The first-order valence-corrected chi connectivity index (χ1v) is 12.3. The van der Waals surface area contributed by atoms with E-state index in [0.717, 1.165) is 15.4 Å². The summed E-state index contributed by atoms with van der Waals surface area (Å²) in [5.74, 6) is -4.41. The zero-order valence-corrected chi connectivity index (χ0v) is 18.8. The Bertz CT molecular complexity index is 1100. The average molecular weight is 485 g/mol. The second-order valence-corrected chi connectivity index (χ2v) is 10.2. The molecule has 0 fully saturated rings. The van der Waals surface area contributed by atoms with E-state index >= 15 is 0 Å². The number of fused-ring (bicyclic) bond motifs is 1. The molecule has 1 atom stereocenters. The van der Waals surface area contributed by atoms with Crippen molar-refractivity contribution in [3.8, 4) is 0 Å². The van der Waals surface area contributed by atoms with Crippen LogP contribution in [0.25, 0.3) is 0 Å². The summed E-state index contributed by atoms with van der Waals surface area (Å²) in [6, 6.07) is 12.1. The zero-order chi connectivity index (χ0) is 23.3. The monoisotopic (exact) mass is 484 g/mol. The van der Waals surface area contributed by atoms with E-state index in [2.05, 4.69) is 5.32 Å². The number of hydrogen-bond acceptors (Lipinski definition) is 6. The topological polar surface area (TPSA) is 92.8 Å². The van der Waals surface area contributed by atoms with Gasteiger partial charge in [-0.25, -0.2) is 8.42 Å². The number of anilines is 1. The molecule has 1 amide bonds. The van der Waals surface area contributed by atoms with Gasteiger partial charge < -0.3 is 10.1 Å². The van der Waals surface area contributed by atoms with Crippen molar-refractivity contribution < 1.29 is 31.5 Å². The van der Waals surface area contributed by atoms with Gasteiger partial charge in [-0.15, -0.1) is 0 Å². The van der Waals surface area contributed by atoms with Gasteiger partial charge in [-0.05, 0) is 30.2 Å². The highest BCUT2D eigenvalue weighted by Gasteiger charge is 2.39. The van der Waals surface area contributed by atoms with E-state index in [1.807, 2.05) is 6.07 Å². The van der Waals surface area contributed by atoms with Gasteiger partial charge in [0.05, 0.1) is 11.4 Å². The fourth-order valence-electron chi connectivity index (χ4n) is 3.35. The van der Waals surface area contributed by atoms with Crippen molar-refractivity contribution in [2.45, 2.75) is 36.6 Å². The van der Waals surface area contributed by atoms with Gasteiger partial charge in [-0.2, -0.15) is 13.1 Å². The Morgan fingerprint density at radius 1 is 1.16 bits per heavy atom. The molecular formula is C21H22F2N2O5S2. The number of nitrogens with zero attached hydrogens (tertiary/aromatic N) is 1. The van der Waals surface area contributed by atoms with Gasteiger partial charge in [0.25, 0.3) is 11.7 Å². The molecule has 0 bridgehead atoms. The fourth-order valence-corrected chi connectivity index (χ4v) is 5.16. The third kappa shape index (κ3) is 5.84. The fraction of sp³-hybridized carbons (Fsp3) is 0.333. The first kappa shape index (κ1) is 24.1. The molecule has 7 nitrogen and oxygen atoms in total. The summed E-state index contributed by atoms with van der Waals surface area (Å²) in [5.41, 5.74) is 1.81. The first-order chi connectivity index (χ1) is 15.2. The van der Waals surface area contributed by atoms with E-state index in [-0.39, 0.29) is 41.1 Å². The molecule has 3 rings (SSSR count). The molecule has 0 aliphatic carbocycles.